The monoisotopic (exact) mass is 377 g/mol. The quantitative estimate of drug-likeness (QED) is 0.356. The molecule has 8 nitrogen and oxygen atoms in total. The van der Waals surface area contributed by atoms with Crippen molar-refractivity contribution < 1.29 is 19.2 Å². The number of hydrogen-bond donors (Lipinski definition) is 2. The molecule has 0 aliphatic rings. The minimum Gasteiger partial charge on any atom is -0.452 e. The molecule has 0 aliphatic heterocycles. The number of nitro groups is 1. The molecular formula is C17H16ClN3O5. The number of nitrogens with one attached hydrogen (secondary N) is 1. The van der Waals surface area contributed by atoms with E-state index in [4.69, 9.17) is 22.1 Å². The van der Waals surface area contributed by atoms with E-state index in [-0.39, 0.29) is 22.6 Å². The van der Waals surface area contributed by atoms with Crippen molar-refractivity contribution in [2.45, 2.75) is 13.8 Å². The predicted octanol–water partition coefficient (Wildman–Crippen LogP) is 3.24. The van der Waals surface area contributed by atoms with Gasteiger partial charge in [0.2, 0.25) is 0 Å². The zero-order valence-corrected chi connectivity index (χ0v) is 14.8. The van der Waals surface area contributed by atoms with Gasteiger partial charge in [-0.05, 0) is 43.2 Å². The average molecular weight is 378 g/mol. The van der Waals surface area contributed by atoms with Crippen molar-refractivity contribution in [1.82, 2.24) is 0 Å². The van der Waals surface area contributed by atoms with Crippen LogP contribution in [0.2, 0.25) is 5.02 Å². The lowest BCUT2D eigenvalue weighted by Crippen LogP contribution is -2.22. The maximum absolute atomic E-state index is 12.1. The number of ether oxygens (including phenoxy) is 1. The number of nitro benzene ring substituents is 1. The first kappa shape index (κ1) is 19.2. The highest BCUT2D eigenvalue weighted by atomic mass is 35.5. The Morgan fingerprint density at radius 3 is 2.62 bits per heavy atom. The second-order valence-corrected chi connectivity index (χ2v) is 5.95. The van der Waals surface area contributed by atoms with Crippen LogP contribution in [0.4, 0.5) is 17.1 Å². The van der Waals surface area contributed by atoms with E-state index in [0.29, 0.717) is 10.6 Å². The molecule has 136 valence electrons. The minimum atomic E-state index is -0.824. The molecule has 9 heteroatoms. The number of anilines is 2. The summed E-state index contributed by atoms with van der Waals surface area (Å²) >= 11 is 5.80. The van der Waals surface area contributed by atoms with Crippen molar-refractivity contribution >= 4 is 40.5 Å². The second-order valence-electron chi connectivity index (χ2n) is 5.51. The maximum Gasteiger partial charge on any atom is 0.340 e. The summed E-state index contributed by atoms with van der Waals surface area (Å²) in [4.78, 5) is 34.6. The molecule has 0 fully saturated rings. The summed E-state index contributed by atoms with van der Waals surface area (Å²) in [6, 6.07) is 7.17. The number of rotatable bonds is 5. The van der Waals surface area contributed by atoms with E-state index in [1.54, 1.807) is 19.9 Å². The summed E-state index contributed by atoms with van der Waals surface area (Å²) in [6.07, 6.45) is 0. The predicted molar refractivity (Wildman–Crippen MR) is 97.3 cm³/mol. The van der Waals surface area contributed by atoms with Gasteiger partial charge in [-0.15, -0.1) is 0 Å². The summed E-state index contributed by atoms with van der Waals surface area (Å²) in [5.41, 5.74) is 7.01. The van der Waals surface area contributed by atoms with Crippen LogP contribution >= 0.6 is 11.6 Å². The van der Waals surface area contributed by atoms with Crippen LogP contribution in [0.3, 0.4) is 0 Å². The Morgan fingerprint density at radius 2 is 1.96 bits per heavy atom. The number of hydrogen-bond acceptors (Lipinski definition) is 6. The van der Waals surface area contributed by atoms with Crippen LogP contribution in [0.1, 0.15) is 21.5 Å². The highest BCUT2D eigenvalue weighted by molar-refractivity contribution is 6.31. The van der Waals surface area contributed by atoms with Crippen LogP contribution in [0, 0.1) is 24.0 Å². The Bertz CT molecular complexity index is 898. The Balaban J connectivity index is 2.10. The van der Waals surface area contributed by atoms with Crippen LogP contribution < -0.4 is 11.1 Å². The van der Waals surface area contributed by atoms with Crippen molar-refractivity contribution in [3.05, 3.63) is 62.2 Å². The molecule has 2 aromatic carbocycles. The molecular weight excluding hydrogens is 362 g/mol. The molecule has 0 saturated heterocycles. The van der Waals surface area contributed by atoms with Crippen LogP contribution in [0.5, 0.6) is 0 Å². The number of nitrogen functional groups attached to an aromatic ring is 1. The summed E-state index contributed by atoms with van der Waals surface area (Å²) < 4.78 is 4.91. The fourth-order valence-electron chi connectivity index (χ4n) is 2.20. The van der Waals surface area contributed by atoms with E-state index in [1.807, 2.05) is 0 Å². The first-order chi connectivity index (χ1) is 12.2. The number of carbonyl (C=O) groups is 2. The van der Waals surface area contributed by atoms with Gasteiger partial charge < -0.3 is 15.8 Å². The summed E-state index contributed by atoms with van der Waals surface area (Å²) in [5.74, 6) is -1.54. The lowest BCUT2D eigenvalue weighted by atomic mass is 10.1. The van der Waals surface area contributed by atoms with Gasteiger partial charge in [0.25, 0.3) is 11.6 Å². The van der Waals surface area contributed by atoms with Crippen LogP contribution in [-0.2, 0) is 9.53 Å². The van der Waals surface area contributed by atoms with Crippen molar-refractivity contribution in [2.24, 2.45) is 0 Å². The van der Waals surface area contributed by atoms with E-state index >= 15 is 0 Å². The van der Waals surface area contributed by atoms with E-state index in [9.17, 15) is 19.7 Å². The Labute approximate surface area is 154 Å². The standard InChI is InChI=1S/C17H16ClN3O5/c1-9-3-6-14(21(24)25)16(10(9)2)20-15(22)8-26-17(23)12-7-11(18)4-5-13(12)19/h3-7H,8,19H2,1-2H3,(H,20,22). The Kier molecular flexibility index (Phi) is 5.78. The summed E-state index contributed by atoms with van der Waals surface area (Å²) in [7, 11) is 0. The molecule has 0 aromatic heterocycles. The molecule has 2 aromatic rings. The third-order valence-corrected chi connectivity index (χ3v) is 3.98. The zero-order valence-electron chi connectivity index (χ0n) is 14.0. The Hall–Kier alpha value is -3.13. The van der Waals surface area contributed by atoms with Crippen molar-refractivity contribution in [2.75, 3.05) is 17.7 Å². The maximum atomic E-state index is 12.1. The number of nitrogens with zero attached hydrogens (tertiary/aromatic N) is 1. The van der Waals surface area contributed by atoms with Gasteiger partial charge in [-0.25, -0.2) is 4.79 Å². The molecule has 0 aliphatic carbocycles. The van der Waals surface area contributed by atoms with Crippen LogP contribution in [-0.4, -0.2) is 23.4 Å². The number of aryl methyl sites for hydroxylation is 1. The normalized spacial score (nSPS) is 10.3. The number of nitrogens with two attached hydrogens (primary N) is 1. The molecule has 1 amide bonds. The SMILES string of the molecule is Cc1ccc([N+](=O)[O-])c(NC(=O)COC(=O)c2cc(Cl)ccc2N)c1C. The van der Waals surface area contributed by atoms with Gasteiger partial charge >= 0.3 is 5.97 Å². The van der Waals surface area contributed by atoms with E-state index in [1.165, 1.54) is 24.3 Å². The first-order valence-electron chi connectivity index (χ1n) is 7.47. The first-order valence-corrected chi connectivity index (χ1v) is 7.85. The molecule has 0 unspecified atom stereocenters. The molecule has 0 spiro atoms. The summed E-state index contributed by atoms with van der Waals surface area (Å²) in [6.45, 7) is 2.78. The second kappa shape index (κ2) is 7.83. The molecule has 0 heterocycles. The van der Waals surface area contributed by atoms with Crippen LogP contribution in [0.15, 0.2) is 30.3 Å². The highest BCUT2D eigenvalue weighted by Gasteiger charge is 2.20. The van der Waals surface area contributed by atoms with E-state index < -0.39 is 23.4 Å². The van der Waals surface area contributed by atoms with Crippen molar-refractivity contribution in [3.63, 3.8) is 0 Å². The molecule has 0 radical (unpaired) electrons. The van der Waals surface area contributed by atoms with Gasteiger partial charge in [-0.2, -0.15) is 0 Å². The minimum absolute atomic E-state index is 0.0306. The summed E-state index contributed by atoms with van der Waals surface area (Å²) in [5, 5.41) is 13.8. The molecule has 0 saturated carbocycles. The smallest absolute Gasteiger partial charge is 0.340 e. The topological polar surface area (TPSA) is 125 Å². The molecule has 3 N–H and O–H groups in total. The number of carbonyl (C=O) groups excluding carboxylic acids is 2. The van der Waals surface area contributed by atoms with Gasteiger partial charge in [-0.1, -0.05) is 17.7 Å². The number of benzene rings is 2. The number of halogens is 1. The lowest BCUT2D eigenvalue weighted by molar-refractivity contribution is -0.384. The van der Waals surface area contributed by atoms with Crippen molar-refractivity contribution in [3.8, 4) is 0 Å². The van der Waals surface area contributed by atoms with Gasteiger partial charge in [0.05, 0.1) is 10.5 Å². The highest BCUT2D eigenvalue weighted by Crippen LogP contribution is 2.30. The van der Waals surface area contributed by atoms with Gasteiger partial charge in [0.1, 0.15) is 5.69 Å². The molecule has 0 atom stereocenters. The largest absolute Gasteiger partial charge is 0.452 e. The van der Waals surface area contributed by atoms with Crippen LogP contribution in [0.25, 0.3) is 0 Å². The lowest BCUT2D eigenvalue weighted by Gasteiger charge is -2.11. The number of esters is 1. The molecule has 2 rings (SSSR count). The third kappa shape index (κ3) is 4.28. The number of amides is 1. The van der Waals surface area contributed by atoms with Gasteiger partial charge in [0.15, 0.2) is 6.61 Å². The van der Waals surface area contributed by atoms with Crippen molar-refractivity contribution in [1.29, 1.82) is 0 Å². The average Bonchev–Trinajstić information content (AvgIpc) is 2.58. The van der Waals surface area contributed by atoms with E-state index in [0.717, 1.165) is 5.56 Å². The fourth-order valence-corrected chi connectivity index (χ4v) is 2.37. The fraction of sp³-hybridized carbons (Fsp3) is 0.176. The third-order valence-electron chi connectivity index (χ3n) is 3.74. The van der Waals surface area contributed by atoms with Gasteiger partial charge in [0, 0.05) is 16.8 Å². The van der Waals surface area contributed by atoms with E-state index in [2.05, 4.69) is 5.32 Å². The Morgan fingerprint density at radius 1 is 1.27 bits per heavy atom. The molecule has 0 bridgehead atoms. The molecule has 26 heavy (non-hydrogen) atoms. The zero-order chi connectivity index (χ0) is 19.4. The van der Waals surface area contributed by atoms with Gasteiger partial charge in [-0.3, -0.25) is 14.9 Å².